The van der Waals surface area contributed by atoms with Crippen LogP contribution in [0, 0.1) is 0 Å². The summed E-state index contributed by atoms with van der Waals surface area (Å²) >= 11 is 0. The summed E-state index contributed by atoms with van der Waals surface area (Å²) in [7, 11) is 0. The predicted octanol–water partition coefficient (Wildman–Crippen LogP) is 0.333. The zero-order chi connectivity index (χ0) is 17.7. The lowest BCUT2D eigenvalue weighted by Gasteiger charge is -2.12. The van der Waals surface area contributed by atoms with E-state index in [2.05, 4.69) is 9.72 Å². The average molecular weight is 334 g/mol. The van der Waals surface area contributed by atoms with E-state index in [0.29, 0.717) is 0 Å². The van der Waals surface area contributed by atoms with Gasteiger partial charge in [0.25, 0.3) is 0 Å². The van der Waals surface area contributed by atoms with Gasteiger partial charge in [-0.05, 0) is 18.1 Å². The number of hydrogen-bond acceptors (Lipinski definition) is 6. The molecular formula is C16H18N2O6. The number of para-hydroxylation sites is 1. The van der Waals surface area contributed by atoms with Crippen LogP contribution in [0.4, 0.5) is 0 Å². The van der Waals surface area contributed by atoms with Crippen LogP contribution in [0.2, 0.25) is 0 Å². The molecule has 0 saturated heterocycles. The fraction of sp³-hybridized carbons (Fsp3) is 0.312. The fourth-order valence-corrected chi connectivity index (χ4v) is 2.24. The standard InChI is InChI=1S/C16H18N2O6/c17-11(7-9-8-18-12-4-2-1-3-10(9)12)15(22)24-16(23)13(19)5-6-14(20)21/h1-4,8,11,13,18-19H,5-7,17H2,(H,20,21)/t11-,13?/m0/s1. The molecule has 0 aliphatic heterocycles. The number of aromatic nitrogens is 1. The van der Waals surface area contributed by atoms with Crippen molar-refractivity contribution in [3.05, 3.63) is 36.0 Å². The molecule has 128 valence electrons. The first kappa shape index (κ1) is 17.6. The molecule has 0 bridgehead atoms. The van der Waals surface area contributed by atoms with E-state index < -0.39 is 36.5 Å². The number of benzene rings is 1. The van der Waals surface area contributed by atoms with E-state index in [1.165, 1.54) is 0 Å². The highest BCUT2D eigenvalue weighted by molar-refractivity contribution is 5.91. The van der Waals surface area contributed by atoms with E-state index in [4.69, 9.17) is 10.8 Å². The number of nitrogens with one attached hydrogen (secondary N) is 1. The molecule has 0 fully saturated rings. The number of aliphatic carboxylic acids is 1. The Morgan fingerprint density at radius 3 is 2.62 bits per heavy atom. The van der Waals surface area contributed by atoms with E-state index in [1.54, 1.807) is 6.20 Å². The van der Waals surface area contributed by atoms with Gasteiger partial charge in [0.15, 0.2) is 6.10 Å². The van der Waals surface area contributed by atoms with Crippen LogP contribution in [0.15, 0.2) is 30.5 Å². The van der Waals surface area contributed by atoms with Gasteiger partial charge in [-0.3, -0.25) is 4.79 Å². The van der Waals surface area contributed by atoms with Gasteiger partial charge in [-0.1, -0.05) is 18.2 Å². The molecular weight excluding hydrogens is 316 g/mol. The van der Waals surface area contributed by atoms with Crippen molar-refractivity contribution < 1.29 is 29.3 Å². The first-order chi connectivity index (χ1) is 11.4. The number of carboxylic acids is 1. The molecule has 1 unspecified atom stereocenters. The average Bonchev–Trinajstić information content (AvgIpc) is 2.95. The first-order valence-corrected chi connectivity index (χ1v) is 7.34. The van der Waals surface area contributed by atoms with Gasteiger partial charge in [-0.2, -0.15) is 0 Å². The molecule has 0 spiro atoms. The van der Waals surface area contributed by atoms with Crippen molar-refractivity contribution in [2.75, 3.05) is 0 Å². The second-order valence-corrected chi connectivity index (χ2v) is 5.36. The zero-order valence-electron chi connectivity index (χ0n) is 12.8. The lowest BCUT2D eigenvalue weighted by Crippen LogP contribution is -2.38. The molecule has 0 aliphatic rings. The van der Waals surface area contributed by atoms with Gasteiger partial charge in [0, 0.05) is 29.9 Å². The smallest absolute Gasteiger partial charge is 0.342 e. The highest BCUT2D eigenvalue weighted by Gasteiger charge is 2.25. The molecule has 1 heterocycles. The number of fused-ring (bicyclic) bond motifs is 1. The summed E-state index contributed by atoms with van der Waals surface area (Å²) in [5.41, 5.74) is 7.45. The maximum absolute atomic E-state index is 11.9. The van der Waals surface area contributed by atoms with Gasteiger partial charge in [0.2, 0.25) is 0 Å². The van der Waals surface area contributed by atoms with E-state index >= 15 is 0 Å². The Morgan fingerprint density at radius 1 is 1.21 bits per heavy atom. The van der Waals surface area contributed by atoms with Gasteiger partial charge < -0.3 is 25.7 Å². The van der Waals surface area contributed by atoms with Crippen LogP contribution in [0.3, 0.4) is 0 Å². The summed E-state index contributed by atoms with van der Waals surface area (Å²) < 4.78 is 4.51. The van der Waals surface area contributed by atoms with Crippen LogP contribution in [-0.4, -0.2) is 45.3 Å². The molecule has 1 aromatic carbocycles. The highest BCUT2D eigenvalue weighted by Crippen LogP contribution is 2.19. The quantitative estimate of drug-likeness (QED) is 0.422. The molecule has 1 aromatic heterocycles. The number of carboxylic acid groups (broad SMARTS) is 1. The Hall–Kier alpha value is -2.71. The second-order valence-electron chi connectivity index (χ2n) is 5.36. The topological polar surface area (TPSA) is 143 Å². The fourth-order valence-electron chi connectivity index (χ4n) is 2.24. The second kappa shape index (κ2) is 7.71. The number of H-pyrrole nitrogens is 1. The Balaban J connectivity index is 1.92. The minimum Gasteiger partial charge on any atom is -0.481 e. The molecule has 0 radical (unpaired) electrons. The van der Waals surface area contributed by atoms with Crippen molar-refractivity contribution in [2.24, 2.45) is 5.73 Å². The van der Waals surface area contributed by atoms with E-state index in [9.17, 15) is 19.5 Å². The number of aliphatic hydroxyl groups is 1. The predicted molar refractivity (Wildman–Crippen MR) is 84.0 cm³/mol. The number of carbonyl (C=O) groups excluding carboxylic acids is 2. The molecule has 2 atom stereocenters. The van der Waals surface area contributed by atoms with Gasteiger partial charge >= 0.3 is 17.9 Å². The van der Waals surface area contributed by atoms with Crippen molar-refractivity contribution in [1.82, 2.24) is 4.98 Å². The number of nitrogens with two attached hydrogens (primary N) is 1. The van der Waals surface area contributed by atoms with Crippen molar-refractivity contribution >= 4 is 28.8 Å². The van der Waals surface area contributed by atoms with Gasteiger partial charge in [-0.25, -0.2) is 9.59 Å². The maximum Gasteiger partial charge on any atom is 0.342 e. The number of carbonyl (C=O) groups is 3. The summed E-state index contributed by atoms with van der Waals surface area (Å²) in [6.45, 7) is 0. The normalized spacial score (nSPS) is 13.4. The molecule has 0 aliphatic carbocycles. The van der Waals surface area contributed by atoms with Gasteiger partial charge in [0.05, 0.1) is 0 Å². The third kappa shape index (κ3) is 4.40. The lowest BCUT2D eigenvalue weighted by atomic mass is 10.1. The third-order valence-corrected chi connectivity index (χ3v) is 3.52. The molecule has 8 heteroatoms. The lowest BCUT2D eigenvalue weighted by molar-refractivity contribution is -0.167. The van der Waals surface area contributed by atoms with Crippen LogP contribution in [-0.2, 0) is 25.5 Å². The van der Waals surface area contributed by atoms with E-state index in [0.717, 1.165) is 16.5 Å². The minimum atomic E-state index is -1.68. The molecule has 2 rings (SSSR count). The number of ether oxygens (including phenoxy) is 1. The summed E-state index contributed by atoms with van der Waals surface area (Å²) in [6, 6.07) is 6.39. The van der Waals surface area contributed by atoms with Crippen molar-refractivity contribution in [3.8, 4) is 0 Å². The Morgan fingerprint density at radius 2 is 1.92 bits per heavy atom. The number of rotatable bonds is 7. The summed E-state index contributed by atoms with van der Waals surface area (Å²) in [6.07, 6.45) is -0.543. The van der Waals surface area contributed by atoms with Gasteiger partial charge in [0.1, 0.15) is 6.04 Å². The minimum absolute atomic E-state index is 0.154. The Kier molecular flexibility index (Phi) is 5.67. The number of aromatic amines is 1. The third-order valence-electron chi connectivity index (χ3n) is 3.52. The first-order valence-electron chi connectivity index (χ1n) is 7.34. The molecule has 24 heavy (non-hydrogen) atoms. The van der Waals surface area contributed by atoms with Crippen molar-refractivity contribution in [1.29, 1.82) is 0 Å². The van der Waals surface area contributed by atoms with Crippen LogP contribution < -0.4 is 5.73 Å². The maximum atomic E-state index is 11.9. The zero-order valence-corrected chi connectivity index (χ0v) is 12.8. The monoisotopic (exact) mass is 334 g/mol. The summed E-state index contributed by atoms with van der Waals surface area (Å²) in [5.74, 6) is -3.33. The molecule has 0 saturated carbocycles. The van der Waals surface area contributed by atoms with E-state index in [1.807, 2.05) is 24.3 Å². The number of hydrogen-bond donors (Lipinski definition) is 4. The van der Waals surface area contributed by atoms with Crippen LogP contribution in [0.25, 0.3) is 10.9 Å². The highest BCUT2D eigenvalue weighted by atomic mass is 16.6. The largest absolute Gasteiger partial charge is 0.481 e. The van der Waals surface area contributed by atoms with Crippen molar-refractivity contribution in [2.45, 2.75) is 31.4 Å². The summed E-state index contributed by atoms with van der Waals surface area (Å²) in [5, 5.41) is 18.9. The van der Waals surface area contributed by atoms with Crippen LogP contribution >= 0.6 is 0 Å². The van der Waals surface area contributed by atoms with Crippen LogP contribution in [0.1, 0.15) is 18.4 Å². The van der Waals surface area contributed by atoms with Crippen molar-refractivity contribution in [3.63, 3.8) is 0 Å². The Bertz CT molecular complexity index is 754. The summed E-state index contributed by atoms with van der Waals surface area (Å²) in [4.78, 5) is 36.8. The van der Waals surface area contributed by atoms with Crippen LogP contribution in [0.5, 0.6) is 0 Å². The molecule has 0 amide bonds. The Labute approximate surface area is 137 Å². The molecule has 8 nitrogen and oxygen atoms in total. The molecule has 5 N–H and O–H groups in total. The number of aliphatic hydroxyl groups excluding tert-OH is 1. The van der Waals surface area contributed by atoms with Gasteiger partial charge in [-0.15, -0.1) is 0 Å². The van der Waals surface area contributed by atoms with E-state index in [-0.39, 0.29) is 12.8 Å². The number of esters is 2. The SMILES string of the molecule is N[C@@H](Cc1c[nH]c2ccccc12)C(=O)OC(=O)C(O)CCC(=O)O. The molecule has 2 aromatic rings.